The third kappa shape index (κ3) is 9.11. The van der Waals surface area contributed by atoms with Gasteiger partial charge in [-0.2, -0.15) is 0 Å². The van der Waals surface area contributed by atoms with E-state index in [-0.39, 0.29) is 18.4 Å². The zero-order chi connectivity index (χ0) is 27.3. The van der Waals surface area contributed by atoms with Crippen molar-refractivity contribution in [1.82, 2.24) is 14.9 Å². The lowest BCUT2D eigenvalue weighted by Gasteiger charge is -2.14. The molecule has 0 spiro atoms. The molecule has 38 heavy (non-hydrogen) atoms. The Labute approximate surface area is 231 Å². The molecule has 9 nitrogen and oxygen atoms in total. The first-order valence-corrected chi connectivity index (χ1v) is 13.4. The average molecular weight is 585 g/mol. The first kappa shape index (κ1) is 29.1. The fourth-order valence-corrected chi connectivity index (χ4v) is 4.11. The van der Waals surface area contributed by atoms with Crippen LogP contribution in [0.15, 0.2) is 59.4 Å². The van der Waals surface area contributed by atoms with E-state index in [4.69, 9.17) is 9.47 Å². The number of amides is 1. The van der Waals surface area contributed by atoms with E-state index in [0.29, 0.717) is 35.9 Å². The van der Waals surface area contributed by atoms with Crippen LogP contribution in [0.25, 0.3) is 10.9 Å². The lowest BCUT2D eigenvalue weighted by molar-refractivity contribution is -0.144. The maximum atomic E-state index is 12.6. The van der Waals surface area contributed by atoms with E-state index in [1.54, 1.807) is 30.2 Å². The molecule has 0 aliphatic heterocycles. The standard InChI is InChI=1S/C28H34BrN5O4/c1-4-5-6-7-14-38-27(36)18-34(2)13-9-12-26(35)33-24-16-22-23(17-25(24)37-3)30-19-31-28(22)32-21-11-8-10-20(29)15-21/h8-12,15-17,19H,4-7,13-14,18H2,1-3H3,(H,33,35)(H,30,31,32). The second kappa shape index (κ2) is 15.0. The summed E-state index contributed by atoms with van der Waals surface area (Å²) in [6.45, 7) is 3.17. The quantitative estimate of drug-likeness (QED) is 0.141. The maximum Gasteiger partial charge on any atom is 0.320 e. The molecule has 1 aromatic heterocycles. The summed E-state index contributed by atoms with van der Waals surface area (Å²) in [6, 6.07) is 11.3. The Morgan fingerprint density at radius 2 is 1.97 bits per heavy atom. The van der Waals surface area contributed by atoms with Crippen LogP contribution >= 0.6 is 15.9 Å². The SMILES string of the molecule is CCCCCCOC(=O)CN(C)CC=CC(=O)Nc1cc2c(Nc3cccc(Br)c3)ncnc2cc1OC. The number of likely N-dealkylation sites (N-methyl/N-ethyl adjacent to an activating group) is 1. The molecule has 0 aliphatic rings. The second-order valence-electron chi connectivity index (χ2n) is 8.80. The highest BCUT2D eigenvalue weighted by molar-refractivity contribution is 9.10. The fraction of sp³-hybridized carbons (Fsp3) is 0.357. The van der Waals surface area contributed by atoms with Crippen molar-refractivity contribution < 1.29 is 19.1 Å². The minimum absolute atomic E-state index is 0.159. The molecular weight excluding hydrogens is 550 g/mol. The number of aromatic nitrogens is 2. The number of carbonyl (C=O) groups is 2. The van der Waals surface area contributed by atoms with Crippen LogP contribution in [0, 0.1) is 0 Å². The smallest absolute Gasteiger partial charge is 0.320 e. The molecule has 202 valence electrons. The summed E-state index contributed by atoms with van der Waals surface area (Å²) in [5, 5.41) is 6.88. The van der Waals surface area contributed by atoms with Gasteiger partial charge < -0.3 is 20.1 Å². The molecule has 0 bridgehead atoms. The average Bonchev–Trinajstić information content (AvgIpc) is 2.88. The van der Waals surface area contributed by atoms with Gasteiger partial charge in [0.05, 0.1) is 31.5 Å². The summed E-state index contributed by atoms with van der Waals surface area (Å²) in [5.74, 6) is 0.482. The molecule has 0 saturated carbocycles. The molecule has 1 amide bonds. The van der Waals surface area contributed by atoms with E-state index in [2.05, 4.69) is 43.5 Å². The third-order valence-corrected chi connectivity index (χ3v) is 6.14. The van der Waals surface area contributed by atoms with Gasteiger partial charge in [0.1, 0.15) is 17.9 Å². The van der Waals surface area contributed by atoms with Crippen LogP contribution in [-0.2, 0) is 14.3 Å². The fourth-order valence-electron chi connectivity index (χ4n) is 3.71. The van der Waals surface area contributed by atoms with Gasteiger partial charge in [-0.05, 0) is 37.7 Å². The van der Waals surface area contributed by atoms with Crippen molar-refractivity contribution in [2.75, 3.05) is 44.5 Å². The summed E-state index contributed by atoms with van der Waals surface area (Å²) in [7, 11) is 3.33. The van der Waals surface area contributed by atoms with Crippen molar-refractivity contribution in [2.24, 2.45) is 0 Å². The first-order chi connectivity index (χ1) is 18.4. The summed E-state index contributed by atoms with van der Waals surface area (Å²) in [6.07, 6.45) is 8.84. The number of nitrogens with zero attached hydrogens (tertiary/aromatic N) is 3. The Kier molecular flexibility index (Phi) is 11.5. The number of unbranched alkanes of at least 4 members (excludes halogenated alkanes) is 3. The second-order valence-corrected chi connectivity index (χ2v) is 9.71. The summed E-state index contributed by atoms with van der Waals surface area (Å²) >= 11 is 3.47. The number of methoxy groups -OCH3 is 1. The maximum absolute atomic E-state index is 12.6. The highest BCUT2D eigenvalue weighted by Crippen LogP contribution is 2.33. The molecule has 2 aromatic carbocycles. The predicted molar refractivity (Wildman–Crippen MR) is 154 cm³/mol. The van der Waals surface area contributed by atoms with E-state index in [9.17, 15) is 9.59 Å². The number of nitrogens with one attached hydrogen (secondary N) is 2. The van der Waals surface area contributed by atoms with Crippen LogP contribution in [-0.4, -0.2) is 60.6 Å². The molecule has 1 heterocycles. The first-order valence-electron chi connectivity index (χ1n) is 12.6. The van der Waals surface area contributed by atoms with Gasteiger partial charge in [0.15, 0.2) is 0 Å². The van der Waals surface area contributed by atoms with Crippen LogP contribution in [0.3, 0.4) is 0 Å². The van der Waals surface area contributed by atoms with Gasteiger partial charge in [-0.15, -0.1) is 0 Å². The topological polar surface area (TPSA) is 106 Å². The van der Waals surface area contributed by atoms with E-state index in [1.807, 2.05) is 24.3 Å². The van der Waals surface area contributed by atoms with Crippen LogP contribution < -0.4 is 15.4 Å². The number of anilines is 3. The number of ether oxygens (including phenoxy) is 2. The lowest BCUT2D eigenvalue weighted by Crippen LogP contribution is -2.28. The molecule has 0 atom stereocenters. The van der Waals surface area contributed by atoms with Crippen molar-refractivity contribution in [3.05, 3.63) is 59.4 Å². The van der Waals surface area contributed by atoms with Crippen molar-refractivity contribution in [2.45, 2.75) is 32.6 Å². The van der Waals surface area contributed by atoms with Gasteiger partial charge >= 0.3 is 5.97 Å². The number of hydrogen-bond acceptors (Lipinski definition) is 8. The molecular formula is C28H34BrN5O4. The molecule has 2 N–H and O–H groups in total. The van der Waals surface area contributed by atoms with Crippen molar-refractivity contribution in [1.29, 1.82) is 0 Å². The third-order valence-electron chi connectivity index (χ3n) is 5.65. The molecule has 0 fully saturated rings. The van der Waals surface area contributed by atoms with Crippen LogP contribution in [0.2, 0.25) is 0 Å². The number of halogens is 1. The Morgan fingerprint density at radius 3 is 2.74 bits per heavy atom. The minimum atomic E-state index is -0.326. The largest absolute Gasteiger partial charge is 0.494 e. The van der Waals surface area contributed by atoms with Gasteiger partial charge in [0, 0.05) is 34.2 Å². The number of carbonyl (C=O) groups excluding carboxylic acids is 2. The number of hydrogen-bond donors (Lipinski definition) is 2. The molecule has 10 heteroatoms. The lowest BCUT2D eigenvalue weighted by atomic mass is 10.2. The van der Waals surface area contributed by atoms with E-state index in [1.165, 1.54) is 19.5 Å². The summed E-state index contributed by atoms with van der Waals surface area (Å²) in [4.78, 5) is 35.1. The molecule has 3 aromatic rings. The van der Waals surface area contributed by atoms with Crippen LogP contribution in [0.1, 0.15) is 32.6 Å². The van der Waals surface area contributed by atoms with Gasteiger partial charge in [-0.1, -0.05) is 54.3 Å². The molecule has 0 aliphatic carbocycles. The zero-order valence-corrected chi connectivity index (χ0v) is 23.6. The molecule has 0 saturated heterocycles. The highest BCUT2D eigenvalue weighted by atomic mass is 79.9. The van der Waals surface area contributed by atoms with Gasteiger partial charge in [-0.25, -0.2) is 9.97 Å². The Morgan fingerprint density at radius 1 is 1.13 bits per heavy atom. The number of rotatable bonds is 14. The van der Waals surface area contributed by atoms with Gasteiger partial charge in [0.2, 0.25) is 5.91 Å². The van der Waals surface area contributed by atoms with Crippen LogP contribution in [0.4, 0.5) is 17.2 Å². The monoisotopic (exact) mass is 583 g/mol. The Bertz CT molecular complexity index is 1270. The van der Waals surface area contributed by atoms with Crippen molar-refractivity contribution in [3.63, 3.8) is 0 Å². The zero-order valence-electron chi connectivity index (χ0n) is 22.0. The molecule has 0 unspecified atom stereocenters. The summed E-state index contributed by atoms with van der Waals surface area (Å²) < 4.78 is 11.7. The molecule has 3 rings (SSSR count). The van der Waals surface area contributed by atoms with Gasteiger partial charge in [0.25, 0.3) is 0 Å². The molecule has 0 radical (unpaired) electrons. The number of benzene rings is 2. The number of esters is 1. The van der Waals surface area contributed by atoms with Gasteiger partial charge in [-0.3, -0.25) is 14.5 Å². The van der Waals surface area contributed by atoms with E-state index in [0.717, 1.165) is 41.2 Å². The Hall–Kier alpha value is -3.50. The van der Waals surface area contributed by atoms with Crippen LogP contribution in [0.5, 0.6) is 5.75 Å². The van der Waals surface area contributed by atoms with Crippen molar-refractivity contribution >= 4 is 55.9 Å². The van der Waals surface area contributed by atoms with Crippen molar-refractivity contribution in [3.8, 4) is 5.75 Å². The normalized spacial score (nSPS) is 11.2. The summed E-state index contributed by atoms with van der Waals surface area (Å²) in [5.41, 5.74) is 2.01. The predicted octanol–water partition coefficient (Wildman–Crippen LogP) is 5.69. The van der Waals surface area contributed by atoms with E-state index >= 15 is 0 Å². The highest BCUT2D eigenvalue weighted by Gasteiger charge is 2.13. The van der Waals surface area contributed by atoms with E-state index < -0.39 is 0 Å². The minimum Gasteiger partial charge on any atom is -0.494 e. The Balaban J connectivity index is 1.61. The number of fused-ring (bicyclic) bond motifs is 1.